The predicted octanol–water partition coefficient (Wildman–Crippen LogP) is 3.98. The van der Waals surface area contributed by atoms with Crippen LogP contribution in [0.15, 0.2) is 48.5 Å². The van der Waals surface area contributed by atoms with Gasteiger partial charge in [0.2, 0.25) is 5.91 Å². The first kappa shape index (κ1) is 19.9. The van der Waals surface area contributed by atoms with Crippen LogP contribution in [0.1, 0.15) is 29.8 Å². The Morgan fingerprint density at radius 1 is 1.15 bits per heavy atom. The van der Waals surface area contributed by atoms with Crippen molar-refractivity contribution in [3.05, 3.63) is 64.7 Å². The van der Waals surface area contributed by atoms with Gasteiger partial charge in [-0.3, -0.25) is 9.69 Å². The summed E-state index contributed by atoms with van der Waals surface area (Å²) < 4.78 is 4.70. The minimum Gasteiger partial charge on any atom is -0.465 e. The zero-order valence-electron chi connectivity index (χ0n) is 15.2. The Kier molecular flexibility index (Phi) is 7.18. The molecular weight excluding hydrogens is 352 g/mol. The number of anilines is 1. The zero-order chi connectivity index (χ0) is 19.1. The topological polar surface area (TPSA) is 58.6 Å². The summed E-state index contributed by atoms with van der Waals surface area (Å²) in [4.78, 5) is 26.2. The van der Waals surface area contributed by atoms with E-state index in [0.29, 0.717) is 22.8 Å². The Morgan fingerprint density at radius 3 is 2.46 bits per heavy atom. The lowest BCUT2D eigenvalue weighted by Gasteiger charge is -2.26. The smallest absolute Gasteiger partial charge is 0.337 e. The fourth-order valence-electron chi connectivity index (χ4n) is 2.48. The van der Waals surface area contributed by atoms with Crippen LogP contribution in [0.3, 0.4) is 0 Å². The van der Waals surface area contributed by atoms with E-state index in [2.05, 4.69) is 10.2 Å². The van der Waals surface area contributed by atoms with Gasteiger partial charge in [0.15, 0.2) is 0 Å². The number of halogens is 1. The van der Waals surface area contributed by atoms with Gasteiger partial charge in [0, 0.05) is 12.6 Å². The number of carbonyl (C=O) groups is 2. The van der Waals surface area contributed by atoms with Crippen LogP contribution in [-0.4, -0.2) is 36.5 Å². The maximum absolute atomic E-state index is 12.5. The monoisotopic (exact) mass is 374 g/mol. The standard InChI is InChI=1S/C20H23ClN2O3/c1-14(2)23(12-15-7-5-4-6-8-15)13-19(24)22-18-11-16(20(25)26-3)9-10-17(18)21/h4-11,14H,12-13H2,1-3H3,(H,22,24). The quantitative estimate of drug-likeness (QED) is 0.745. The third-order valence-corrected chi connectivity index (χ3v) is 4.30. The average molecular weight is 375 g/mol. The van der Waals surface area contributed by atoms with Crippen LogP contribution in [0.25, 0.3) is 0 Å². The van der Waals surface area contributed by atoms with Crippen molar-refractivity contribution in [2.45, 2.75) is 26.4 Å². The van der Waals surface area contributed by atoms with Crippen molar-refractivity contribution in [3.63, 3.8) is 0 Å². The van der Waals surface area contributed by atoms with E-state index in [9.17, 15) is 9.59 Å². The second-order valence-electron chi connectivity index (χ2n) is 6.22. The molecule has 26 heavy (non-hydrogen) atoms. The van der Waals surface area contributed by atoms with E-state index < -0.39 is 5.97 Å². The minimum absolute atomic E-state index is 0.192. The molecule has 0 saturated carbocycles. The number of carbonyl (C=O) groups excluding carboxylic acids is 2. The molecule has 138 valence electrons. The molecule has 0 aromatic heterocycles. The summed E-state index contributed by atoms with van der Waals surface area (Å²) in [5.74, 6) is -0.677. The second kappa shape index (κ2) is 9.36. The summed E-state index contributed by atoms with van der Waals surface area (Å²) in [5, 5.41) is 3.15. The summed E-state index contributed by atoms with van der Waals surface area (Å²) in [5.41, 5.74) is 1.86. The van der Waals surface area contributed by atoms with E-state index in [4.69, 9.17) is 16.3 Å². The van der Waals surface area contributed by atoms with Gasteiger partial charge in [-0.1, -0.05) is 41.9 Å². The van der Waals surface area contributed by atoms with Gasteiger partial charge in [-0.15, -0.1) is 0 Å². The van der Waals surface area contributed by atoms with Gasteiger partial charge in [0.25, 0.3) is 0 Å². The summed E-state index contributed by atoms with van der Waals surface area (Å²) in [7, 11) is 1.30. The highest BCUT2D eigenvalue weighted by atomic mass is 35.5. The molecule has 1 N–H and O–H groups in total. The number of benzene rings is 2. The van der Waals surface area contributed by atoms with Gasteiger partial charge in [-0.05, 0) is 37.6 Å². The molecule has 0 bridgehead atoms. The molecule has 2 aromatic carbocycles. The van der Waals surface area contributed by atoms with Crippen molar-refractivity contribution in [3.8, 4) is 0 Å². The van der Waals surface area contributed by atoms with Crippen molar-refractivity contribution < 1.29 is 14.3 Å². The number of rotatable bonds is 7. The number of nitrogens with one attached hydrogen (secondary N) is 1. The van der Waals surface area contributed by atoms with Crippen molar-refractivity contribution in [2.24, 2.45) is 0 Å². The second-order valence-corrected chi connectivity index (χ2v) is 6.63. The van der Waals surface area contributed by atoms with Crippen LogP contribution < -0.4 is 5.32 Å². The molecule has 0 aliphatic heterocycles. The molecule has 0 atom stereocenters. The first-order chi connectivity index (χ1) is 12.4. The van der Waals surface area contributed by atoms with Gasteiger partial charge in [0.05, 0.1) is 29.9 Å². The van der Waals surface area contributed by atoms with Crippen LogP contribution in [0.4, 0.5) is 5.69 Å². The predicted molar refractivity (Wildman–Crippen MR) is 103 cm³/mol. The van der Waals surface area contributed by atoms with Gasteiger partial charge >= 0.3 is 5.97 Å². The number of nitrogens with zero attached hydrogens (tertiary/aromatic N) is 1. The highest BCUT2D eigenvalue weighted by molar-refractivity contribution is 6.33. The lowest BCUT2D eigenvalue weighted by Crippen LogP contribution is -2.37. The van der Waals surface area contributed by atoms with Gasteiger partial charge in [-0.25, -0.2) is 4.79 Å². The maximum Gasteiger partial charge on any atom is 0.337 e. The van der Waals surface area contributed by atoms with Gasteiger partial charge < -0.3 is 10.1 Å². The van der Waals surface area contributed by atoms with Gasteiger partial charge in [-0.2, -0.15) is 0 Å². The molecule has 5 nitrogen and oxygen atoms in total. The first-order valence-corrected chi connectivity index (χ1v) is 8.74. The van der Waals surface area contributed by atoms with Crippen molar-refractivity contribution in [1.82, 2.24) is 4.90 Å². The molecule has 0 spiro atoms. The van der Waals surface area contributed by atoms with Crippen LogP contribution >= 0.6 is 11.6 Å². The van der Waals surface area contributed by atoms with Crippen LogP contribution in [0, 0.1) is 0 Å². The average Bonchev–Trinajstić information content (AvgIpc) is 2.63. The van der Waals surface area contributed by atoms with E-state index in [1.807, 2.05) is 44.2 Å². The Morgan fingerprint density at radius 2 is 1.85 bits per heavy atom. The van der Waals surface area contributed by atoms with E-state index in [1.54, 1.807) is 12.1 Å². The number of methoxy groups -OCH3 is 1. The summed E-state index contributed by atoms with van der Waals surface area (Å²) in [6, 6.07) is 14.8. The van der Waals surface area contributed by atoms with E-state index >= 15 is 0 Å². The zero-order valence-corrected chi connectivity index (χ0v) is 15.9. The molecule has 1 amide bonds. The van der Waals surface area contributed by atoms with E-state index in [-0.39, 0.29) is 18.5 Å². The number of amides is 1. The third kappa shape index (κ3) is 5.58. The Labute approximate surface area is 158 Å². The van der Waals surface area contributed by atoms with Crippen LogP contribution in [0.2, 0.25) is 5.02 Å². The largest absolute Gasteiger partial charge is 0.465 e. The third-order valence-electron chi connectivity index (χ3n) is 3.97. The minimum atomic E-state index is -0.481. The maximum atomic E-state index is 12.5. The Balaban J connectivity index is 2.07. The molecule has 0 heterocycles. The molecule has 0 saturated heterocycles. The summed E-state index contributed by atoms with van der Waals surface area (Å²) in [6.45, 7) is 4.97. The van der Waals surface area contributed by atoms with Crippen molar-refractivity contribution in [2.75, 3.05) is 19.0 Å². The lowest BCUT2D eigenvalue weighted by molar-refractivity contribution is -0.117. The number of ether oxygens (including phenoxy) is 1. The molecule has 6 heteroatoms. The summed E-state index contributed by atoms with van der Waals surface area (Å²) >= 11 is 6.14. The van der Waals surface area contributed by atoms with E-state index in [1.165, 1.54) is 13.2 Å². The number of esters is 1. The first-order valence-electron chi connectivity index (χ1n) is 8.36. The molecule has 0 radical (unpaired) electrons. The van der Waals surface area contributed by atoms with Crippen LogP contribution in [0.5, 0.6) is 0 Å². The molecule has 0 aliphatic rings. The molecule has 0 fully saturated rings. The molecule has 2 rings (SSSR count). The van der Waals surface area contributed by atoms with Crippen LogP contribution in [-0.2, 0) is 16.1 Å². The highest BCUT2D eigenvalue weighted by Crippen LogP contribution is 2.23. The highest BCUT2D eigenvalue weighted by Gasteiger charge is 2.16. The molecule has 0 aliphatic carbocycles. The number of hydrogen-bond acceptors (Lipinski definition) is 4. The normalized spacial score (nSPS) is 10.8. The molecule has 2 aromatic rings. The van der Waals surface area contributed by atoms with Gasteiger partial charge in [0.1, 0.15) is 0 Å². The fraction of sp³-hybridized carbons (Fsp3) is 0.300. The fourth-order valence-corrected chi connectivity index (χ4v) is 2.64. The van der Waals surface area contributed by atoms with E-state index in [0.717, 1.165) is 5.56 Å². The number of hydrogen-bond donors (Lipinski definition) is 1. The SMILES string of the molecule is COC(=O)c1ccc(Cl)c(NC(=O)CN(Cc2ccccc2)C(C)C)c1. The van der Waals surface area contributed by atoms with Crippen molar-refractivity contribution >= 4 is 29.2 Å². The van der Waals surface area contributed by atoms with Crippen molar-refractivity contribution in [1.29, 1.82) is 0 Å². The lowest BCUT2D eigenvalue weighted by atomic mass is 10.2. The Hall–Kier alpha value is -2.37. The summed E-state index contributed by atoms with van der Waals surface area (Å²) in [6.07, 6.45) is 0. The molecular formula is C20H23ClN2O3. The molecule has 0 unspecified atom stereocenters. The Bertz CT molecular complexity index is 763.